The van der Waals surface area contributed by atoms with E-state index >= 15 is 0 Å². The van der Waals surface area contributed by atoms with Gasteiger partial charge < -0.3 is 26.0 Å². The summed E-state index contributed by atoms with van der Waals surface area (Å²) in [4.78, 5) is 18.5. The van der Waals surface area contributed by atoms with Crippen molar-refractivity contribution in [2.24, 2.45) is 5.73 Å². The van der Waals surface area contributed by atoms with Gasteiger partial charge in [-0.05, 0) is 54.8 Å². The lowest BCUT2D eigenvalue weighted by Gasteiger charge is -2.26. The van der Waals surface area contributed by atoms with Gasteiger partial charge in [-0.2, -0.15) is 0 Å². The van der Waals surface area contributed by atoms with Gasteiger partial charge in [0.1, 0.15) is 17.5 Å². The van der Waals surface area contributed by atoms with Crippen LogP contribution in [0.5, 0.6) is 0 Å². The summed E-state index contributed by atoms with van der Waals surface area (Å²) >= 11 is 0. The maximum Gasteiger partial charge on any atom is 0.252 e. The van der Waals surface area contributed by atoms with Gasteiger partial charge in [-0.15, -0.1) is 0 Å². The summed E-state index contributed by atoms with van der Waals surface area (Å²) in [6, 6.07) is 13.3. The van der Waals surface area contributed by atoms with Crippen molar-refractivity contribution in [3.8, 4) is 0 Å². The maximum absolute atomic E-state index is 13.5. The highest BCUT2D eigenvalue weighted by Gasteiger charge is 2.24. The van der Waals surface area contributed by atoms with Crippen LogP contribution in [0, 0.1) is 11.6 Å². The van der Waals surface area contributed by atoms with E-state index in [9.17, 15) is 13.6 Å². The van der Waals surface area contributed by atoms with Gasteiger partial charge >= 0.3 is 0 Å². The Hall–Kier alpha value is -3.72. The van der Waals surface area contributed by atoms with Crippen LogP contribution in [0.1, 0.15) is 28.8 Å². The molecule has 0 saturated carbocycles. The van der Waals surface area contributed by atoms with Crippen LogP contribution >= 0.6 is 0 Å². The van der Waals surface area contributed by atoms with Gasteiger partial charge in [-0.3, -0.25) is 4.79 Å². The first-order valence-corrected chi connectivity index (χ1v) is 11.0. The molecular formula is C25H27F2N5O2. The van der Waals surface area contributed by atoms with Crippen LogP contribution in [0.4, 0.5) is 31.7 Å². The van der Waals surface area contributed by atoms with Crippen LogP contribution in [0.15, 0.2) is 54.7 Å². The van der Waals surface area contributed by atoms with Gasteiger partial charge in [0.15, 0.2) is 0 Å². The van der Waals surface area contributed by atoms with E-state index in [1.807, 2.05) is 24.3 Å². The Kier molecular flexibility index (Phi) is 7.22. The van der Waals surface area contributed by atoms with Crippen molar-refractivity contribution in [3.63, 3.8) is 0 Å². The second-order valence-electron chi connectivity index (χ2n) is 8.23. The molecule has 1 aromatic heterocycles. The van der Waals surface area contributed by atoms with E-state index in [2.05, 4.69) is 20.5 Å². The van der Waals surface area contributed by atoms with Crippen molar-refractivity contribution >= 4 is 28.8 Å². The number of hydrogen-bond acceptors (Lipinski definition) is 6. The lowest BCUT2D eigenvalue weighted by molar-refractivity contribution is 0.100. The van der Waals surface area contributed by atoms with Crippen molar-refractivity contribution in [2.45, 2.75) is 25.4 Å². The largest absolute Gasteiger partial charge is 0.383 e. The van der Waals surface area contributed by atoms with E-state index in [1.54, 1.807) is 13.2 Å². The molecule has 1 aliphatic heterocycles. The Morgan fingerprint density at radius 3 is 2.59 bits per heavy atom. The molecule has 1 aliphatic rings. The SMILES string of the molecule is COC[C@@H]1CCCN1c1ccc(Nc2cc(NCc3cc(F)cc(F)c3)c(C(N)=O)cn2)cc1. The number of amides is 1. The minimum Gasteiger partial charge on any atom is -0.383 e. The molecule has 4 N–H and O–H groups in total. The number of primary amides is 1. The molecule has 0 unspecified atom stereocenters. The highest BCUT2D eigenvalue weighted by Crippen LogP contribution is 2.28. The van der Waals surface area contributed by atoms with Gasteiger partial charge in [-0.25, -0.2) is 13.8 Å². The monoisotopic (exact) mass is 467 g/mol. The Balaban J connectivity index is 1.48. The van der Waals surface area contributed by atoms with E-state index in [0.29, 0.717) is 29.7 Å². The summed E-state index contributed by atoms with van der Waals surface area (Å²) < 4.78 is 32.3. The van der Waals surface area contributed by atoms with Gasteiger partial charge in [0.05, 0.1) is 23.9 Å². The zero-order valence-corrected chi connectivity index (χ0v) is 18.9. The molecule has 3 aromatic rings. The fourth-order valence-corrected chi connectivity index (χ4v) is 4.20. The second-order valence-corrected chi connectivity index (χ2v) is 8.23. The quantitative estimate of drug-likeness (QED) is 0.431. The smallest absolute Gasteiger partial charge is 0.252 e. The number of carbonyl (C=O) groups is 1. The third kappa shape index (κ3) is 5.60. The molecule has 1 fully saturated rings. The molecule has 0 aliphatic carbocycles. The average molecular weight is 468 g/mol. The minimum absolute atomic E-state index is 0.103. The fourth-order valence-electron chi connectivity index (χ4n) is 4.20. The molecule has 0 spiro atoms. The molecular weight excluding hydrogens is 440 g/mol. The zero-order chi connectivity index (χ0) is 24.1. The number of pyridine rings is 1. The standard InChI is InChI=1S/C25H27F2N5O2/c1-34-15-21-3-2-8-32(21)20-6-4-19(5-7-20)31-24-12-23(22(14-30-24)25(28)33)29-13-16-9-17(26)11-18(27)10-16/h4-7,9-12,14,21H,2-3,8,13,15H2,1H3,(H2,28,33)(H2,29,30,31)/t21-/m0/s1. The summed E-state index contributed by atoms with van der Waals surface area (Å²) in [6.45, 7) is 1.81. The first-order valence-electron chi connectivity index (χ1n) is 11.0. The number of anilines is 4. The van der Waals surface area contributed by atoms with Crippen LogP contribution in [0.25, 0.3) is 0 Å². The first kappa shape index (κ1) is 23.4. The number of nitrogens with zero attached hydrogens (tertiary/aromatic N) is 2. The van der Waals surface area contributed by atoms with E-state index in [1.165, 1.54) is 18.3 Å². The summed E-state index contributed by atoms with van der Waals surface area (Å²) in [5.41, 5.74) is 8.40. The van der Waals surface area contributed by atoms with E-state index < -0.39 is 17.5 Å². The molecule has 1 atom stereocenters. The number of nitrogens with one attached hydrogen (secondary N) is 2. The Bertz CT molecular complexity index is 1140. The van der Waals surface area contributed by atoms with Gasteiger partial charge in [0.2, 0.25) is 0 Å². The molecule has 7 nitrogen and oxygen atoms in total. The van der Waals surface area contributed by atoms with Crippen molar-refractivity contribution in [1.29, 1.82) is 0 Å². The topological polar surface area (TPSA) is 92.5 Å². The molecule has 4 rings (SSSR count). The van der Waals surface area contributed by atoms with Gasteiger partial charge in [0.25, 0.3) is 5.91 Å². The molecule has 2 heterocycles. The van der Waals surface area contributed by atoms with Crippen molar-refractivity contribution < 1.29 is 18.3 Å². The molecule has 1 amide bonds. The van der Waals surface area contributed by atoms with Gasteiger partial charge in [-0.1, -0.05) is 0 Å². The Morgan fingerprint density at radius 2 is 1.91 bits per heavy atom. The van der Waals surface area contributed by atoms with Crippen molar-refractivity contribution in [3.05, 3.63) is 77.5 Å². The molecule has 1 saturated heterocycles. The Morgan fingerprint density at radius 1 is 1.18 bits per heavy atom. The minimum atomic E-state index is -0.671. The van der Waals surface area contributed by atoms with Crippen molar-refractivity contribution in [2.75, 3.05) is 35.8 Å². The number of ether oxygens (including phenoxy) is 1. The number of nitrogens with two attached hydrogens (primary N) is 1. The molecule has 178 valence electrons. The normalized spacial score (nSPS) is 15.4. The summed E-state index contributed by atoms with van der Waals surface area (Å²) in [5.74, 6) is -1.51. The number of rotatable bonds is 9. The van der Waals surface area contributed by atoms with E-state index in [4.69, 9.17) is 10.5 Å². The summed E-state index contributed by atoms with van der Waals surface area (Å²) in [7, 11) is 1.72. The summed E-state index contributed by atoms with van der Waals surface area (Å²) in [5, 5.41) is 6.24. The predicted octanol–water partition coefficient (Wildman–Crippen LogP) is 4.43. The number of aromatic nitrogens is 1. The third-order valence-electron chi connectivity index (χ3n) is 5.78. The van der Waals surface area contributed by atoms with Crippen LogP contribution in [0.2, 0.25) is 0 Å². The third-order valence-corrected chi connectivity index (χ3v) is 5.78. The zero-order valence-electron chi connectivity index (χ0n) is 18.9. The van der Waals surface area contributed by atoms with E-state index in [-0.39, 0.29) is 12.1 Å². The second kappa shape index (κ2) is 10.5. The first-order chi connectivity index (χ1) is 16.4. The fraction of sp³-hybridized carbons (Fsp3) is 0.280. The molecule has 0 radical (unpaired) electrons. The number of methoxy groups -OCH3 is 1. The van der Waals surface area contributed by atoms with Crippen LogP contribution in [-0.2, 0) is 11.3 Å². The highest BCUT2D eigenvalue weighted by molar-refractivity contribution is 5.98. The highest BCUT2D eigenvalue weighted by atomic mass is 19.1. The number of carbonyl (C=O) groups excluding carboxylic acids is 1. The Labute approximate surface area is 196 Å². The number of benzene rings is 2. The summed E-state index contributed by atoms with van der Waals surface area (Å²) in [6.07, 6.45) is 3.62. The lowest BCUT2D eigenvalue weighted by atomic mass is 10.1. The maximum atomic E-state index is 13.5. The lowest BCUT2D eigenvalue weighted by Crippen LogP contribution is -2.32. The molecule has 9 heteroatoms. The van der Waals surface area contributed by atoms with Crippen molar-refractivity contribution in [1.82, 2.24) is 4.98 Å². The van der Waals surface area contributed by atoms with E-state index in [0.717, 1.165) is 36.8 Å². The van der Waals surface area contributed by atoms with Crippen LogP contribution in [-0.4, -0.2) is 37.2 Å². The number of halogens is 2. The molecule has 0 bridgehead atoms. The average Bonchev–Trinajstić information content (AvgIpc) is 3.26. The predicted molar refractivity (Wildman–Crippen MR) is 128 cm³/mol. The molecule has 2 aromatic carbocycles. The van der Waals surface area contributed by atoms with Crippen LogP contribution in [0.3, 0.4) is 0 Å². The number of hydrogen-bond donors (Lipinski definition) is 3. The van der Waals surface area contributed by atoms with Crippen LogP contribution < -0.4 is 21.3 Å². The van der Waals surface area contributed by atoms with Gasteiger partial charge in [0, 0.05) is 49.9 Å². The molecule has 34 heavy (non-hydrogen) atoms.